The molecule has 0 bridgehead atoms. The van der Waals surface area contributed by atoms with Crippen molar-refractivity contribution in [2.45, 2.75) is 38.7 Å². The molecule has 1 aromatic carbocycles. The zero-order chi connectivity index (χ0) is 28.5. The number of rotatable bonds is 5. The topological polar surface area (TPSA) is 91.0 Å². The van der Waals surface area contributed by atoms with Crippen LogP contribution in [0.5, 0.6) is 0 Å². The number of carbonyl (C=O) groups is 1. The first-order valence-electron chi connectivity index (χ1n) is 11.8. The van der Waals surface area contributed by atoms with Gasteiger partial charge >= 0.3 is 12.4 Å². The number of H-pyrrole nitrogens is 1. The summed E-state index contributed by atoms with van der Waals surface area (Å²) in [6, 6.07) is 4.81. The largest absolute Gasteiger partial charge is 0.417 e. The van der Waals surface area contributed by atoms with Crippen LogP contribution in [0.4, 0.5) is 36.6 Å². The molecule has 1 amide bonds. The van der Waals surface area contributed by atoms with Crippen molar-refractivity contribution < 1.29 is 35.5 Å². The summed E-state index contributed by atoms with van der Waals surface area (Å²) in [6.45, 7) is 1.64. The zero-order valence-corrected chi connectivity index (χ0v) is 20.4. The molecule has 0 unspecified atom stereocenters. The average Bonchev–Trinajstić information content (AvgIpc) is 2.86. The van der Waals surface area contributed by atoms with Crippen LogP contribution in [0.1, 0.15) is 35.2 Å². The molecule has 3 aromatic rings. The minimum absolute atomic E-state index is 0.0952. The van der Waals surface area contributed by atoms with Gasteiger partial charge in [-0.15, -0.1) is 0 Å². The monoisotopic (exact) mass is 557 g/mol. The van der Waals surface area contributed by atoms with Crippen LogP contribution in [0.25, 0.3) is 11.4 Å². The molecule has 1 saturated heterocycles. The smallest absolute Gasteiger partial charge is 0.357 e. The lowest BCUT2D eigenvalue weighted by Gasteiger charge is -2.32. The van der Waals surface area contributed by atoms with Crippen molar-refractivity contribution in [1.82, 2.24) is 20.3 Å². The number of benzene rings is 1. The van der Waals surface area contributed by atoms with Gasteiger partial charge in [0, 0.05) is 49.1 Å². The van der Waals surface area contributed by atoms with E-state index in [2.05, 4.69) is 20.3 Å². The predicted octanol–water partition coefficient (Wildman–Crippen LogP) is 4.85. The summed E-state index contributed by atoms with van der Waals surface area (Å²) < 4.78 is 94.4. The van der Waals surface area contributed by atoms with Gasteiger partial charge in [-0.25, -0.2) is 14.4 Å². The third-order valence-corrected chi connectivity index (χ3v) is 6.35. The number of aromatic amines is 1. The van der Waals surface area contributed by atoms with E-state index in [0.717, 1.165) is 24.4 Å². The van der Waals surface area contributed by atoms with Gasteiger partial charge in [0.25, 0.3) is 5.56 Å². The SMILES string of the molecule is Cc1cc(=O)[nH]c(-c2c(C(F)(F)F)ccc(CNC(=O)C3CCN(c4ccc(C(F)(F)F)cn4)CC3)c2F)n1. The van der Waals surface area contributed by atoms with E-state index in [9.17, 15) is 35.9 Å². The second kappa shape index (κ2) is 10.7. The first kappa shape index (κ1) is 28.0. The van der Waals surface area contributed by atoms with Gasteiger partial charge in [0.1, 0.15) is 17.5 Å². The fraction of sp³-hybridized carbons (Fsp3) is 0.360. The Balaban J connectivity index is 1.44. The summed E-state index contributed by atoms with van der Waals surface area (Å²) in [7, 11) is 0. The fourth-order valence-corrected chi connectivity index (χ4v) is 4.36. The van der Waals surface area contributed by atoms with E-state index >= 15 is 4.39 Å². The molecule has 7 nitrogen and oxygen atoms in total. The number of hydrogen-bond acceptors (Lipinski definition) is 5. The van der Waals surface area contributed by atoms with Crippen molar-refractivity contribution in [1.29, 1.82) is 0 Å². The van der Waals surface area contributed by atoms with E-state index in [1.165, 1.54) is 13.0 Å². The van der Waals surface area contributed by atoms with E-state index in [1.54, 1.807) is 4.90 Å². The predicted molar refractivity (Wildman–Crippen MR) is 126 cm³/mol. The van der Waals surface area contributed by atoms with Crippen LogP contribution in [0.2, 0.25) is 0 Å². The van der Waals surface area contributed by atoms with E-state index in [1.807, 2.05) is 0 Å². The number of alkyl halides is 6. The van der Waals surface area contributed by atoms with Crippen molar-refractivity contribution >= 4 is 11.7 Å². The maximum absolute atomic E-state index is 15.3. The minimum Gasteiger partial charge on any atom is -0.357 e. The normalized spacial score (nSPS) is 14.9. The van der Waals surface area contributed by atoms with Crippen LogP contribution in [0.3, 0.4) is 0 Å². The summed E-state index contributed by atoms with van der Waals surface area (Å²) in [5.74, 6) is -2.46. The molecule has 2 N–H and O–H groups in total. The molecule has 1 aliphatic heterocycles. The molecule has 2 aromatic heterocycles. The number of amides is 1. The molecule has 0 aliphatic carbocycles. The summed E-state index contributed by atoms with van der Waals surface area (Å²) >= 11 is 0. The summed E-state index contributed by atoms with van der Waals surface area (Å²) in [4.78, 5) is 36.1. The van der Waals surface area contributed by atoms with Gasteiger partial charge in [0.15, 0.2) is 0 Å². The highest BCUT2D eigenvalue weighted by atomic mass is 19.4. The Kier molecular flexibility index (Phi) is 7.66. The van der Waals surface area contributed by atoms with Crippen LogP contribution in [-0.4, -0.2) is 33.9 Å². The molecule has 39 heavy (non-hydrogen) atoms. The summed E-state index contributed by atoms with van der Waals surface area (Å²) in [5.41, 5.74) is -4.01. The Morgan fingerprint density at radius 1 is 1.08 bits per heavy atom. The Morgan fingerprint density at radius 3 is 2.33 bits per heavy atom. The highest BCUT2D eigenvalue weighted by Gasteiger charge is 2.37. The zero-order valence-electron chi connectivity index (χ0n) is 20.4. The molecule has 0 saturated carbocycles. The second-order valence-electron chi connectivity index (χ2n) is 9.08. The maximum atomic E-state index is 15.3. The van der Waals surface area contributed by atoms with Gasteiger partial charge in [0.2, 0.25) is 5.91 Å². The first-order valence-corrected chi connectivity index (χ1v) is 11.8. The van der Waals surface area contributed by atoms with Gasteiger partial charge < -0.3 is 15.2 Å². The number of aromatic nitrogens is 3. The van der Waals surface area contributed by atoms with Crippen LogP contribution in [0, 0.1) is 18.7 Å². The Labute approximate surface area is 217 Å². The molecule has 208 valence electrons. The summed E-state index contributed by atoms with van der Waals surface area (Å²) in [5, 5.41) is 2.54. The third kappa shape index (κ3) is 6.37. The molecule has 4 rings (SSSR count). The first-order chi connectivity index (χ1) is 18.2. The molecule has 14 heteroatoms. The van der Waals surface area contributed by atoms with Gasteiger partial charge in [-0.1, -0.05) is 6.07 Å². The van der Waals surface area contributed by atoms with Gasteiger partial charge in [-0.05, 0) is 38.0 Å². The fourth-order valence-electron chi connectivity index (χ4n) is 4.36. The Hall–Kier alpha value is -3.97. The quantitative estimate of drug-likeness (QED) is 0.438. The third-order valence-electron chi connectivity index (χ3n) is 6.35. The van der Waals surface area contributed by atoms with Crippen LogP contribution >= 0.6 is 0 Å². The number of carbonyl (C=O) groups excluding carboxylic acids is 1. The van der Waals surface area contributed by atoms with Crippen LogP contribution in [-0.2, 0) is 23.7 Å². The van der Waals surface area contributed by atoms with E-state index < -0.39 is 64.6 Å². The lowest BCUT2D eigenvalue weighted by atomic mass is 9.95. The van der Waals surface area contributed by atoms with Crippen molar-refractivity contribution in [3.05, 3.63) is 75.1 Å². The van der Waals surface area contributed by atoms with Crippen molar-refractivity contribution in [2.24, 2.45) is 5.92 Å². The molecule has 0 atom stereocenters. The maximum Gasteiger partial charge on any atom is 0.417 e. The lowest BCUT2D eigenvalue weighted by molar-refractivity contribution is -0.138. The number of aryl methyl sites for hydroxylation is 1. The number of halogens is 7. The number of pyridine rings is 1. The molecular formula is C25H22F7N5O2. The Morgan fingerprint density at radius 2 is 1.77 bits per heavy atom. The summed E-state index contributed by atoms with van der Waals surface area (Å²) in [6.07, 6.45) is -8.02. The van der Waals surface area contributed by atoms with Gasteiger partial charge in [-0.2, -0.15) is 26.3 Å². The van der Waals surface area contributed by atoms with Gasteiger partial charge in [0.05, 0.1) is 16.7 Å². The van der Waals surface area contributed by atoms with Crippen LogP contribution < -0.4 is 15.8 Å². The van der Waals surface area contributed by atoms with Gasteiger partial charge in [-0.3, -0.25) is 9.59 Å². The second-order valence-corrected chi connectivity index (χ2v) is 9.08. The number of nitrogens with one attached hydrogen (secondary N) is 2. The van der Waals surface area contributed by atoms with E-state index in [4.69, 9.17) is 0 Å². The van der Waals surface area contributed by atoms with Crippen molar-refractivity contribution in [3.8, 4) is 11.4 Å². The highest BCUT2D eigenvalue weighted by Crippen LogP contribution is 2.38. The average molecular weight is 557 g/mol. The molecular weight excluding hydrogens is 535 g/mol. The number of piperidine rings is 1. The molecule has 0 radical (unpaired) electrons. The number of anilines is 1. The van der Waals surface area contributed by atoms with Crippen molar-refractivity contribution in [3.63, 3.8) is 0 Å². The molecule has 0 spiro atoms. The van der Waals surface area contributed by atoms with Crippen molar-refractivity contribution in [2.75, 3.05) is 18.0 Å². The number of nitrogens with zero attached hydrogens (tertiary/aromatic N) is 3. The van der Waals surface area contributed by atoms with E-state index in [-0.39, 0.29) is 11.3 Å². The van der Waals surface area contributed by atoms with Crippen LogP contribution in [0.15, 0.2) is 41.3 Å². The lowest BCUT2D eigenvalue weighted by Crippen LogP contribution is -2.40. The highest BCUT2D eigenvalue weighted by molar-refractivity contribution is 5.79. The number of hydrogen-bond donors (Lipinski definition) is 2. The van der Waals surface area contributed by atoms with E-state index in [0.29, 0.717) is 37.8 Å². The standard InChI is InChI=1S/C25H22F7N5O2/c1-13-10-19(38)36-22(35-13)20-17(25(30,31)32)4-2-15(21(20)26)11-34-23(39)14-6-8-37(9-7-14)18-5-3-16(12-33-18)24(27,28)29/h2-5,10,12,14H,6-9,11H2,1H3,(H,34,39)(H,35,36,38). The molecule has 1 fully saturated rings. The molecule has 3 heterocycles. The Bertz CT molecular complexity index is 1410. The minimum atomic E-state index is -4.93. The molecule has 1 aliphatic rings.